The van der Waals surface area contributed by atoms with Gasteiger partial charge in [-0.05, 0) is 32.0 Å². The first-order valence-corrected chi connectivity index (χ1v) is 5.66. The van der Waals surface area contributed by atoms with Crippen molar-refractivity contribution in [2.24, 2.45) is 0 Å². The summed E-state index contributed by atoms with van der Waals surface area (Å²) in [5.74, 6) is 0.705. The molecule has 17 heavy (non-hydrogen) atoms. The molecule has 0 N–H and O–H groups in total. The fourth-order valence-electron chi connectivity index (χ4n) is 1.59. The largest absolute Gasteiger partial charge is 0.497 e. The molecule has 0 radical (unpaired) electrons. The zero-order valence-electron chi connectivity index (χ0n) is 10.7. The molecule has 0 aliphatic carbocycles. The normalized spacial score (nSPS) is 9.82. The molecule has 0 heterocycles. The zero-order chi connectivity index (χ0) is 12.8. The van der Waals surface area contributed by atoms with Gasteiger partial charge in [-0.25, -0.2) is 0 Å². The molecule has 0 spiro atoms. The molecule has 0 unspecified atom stereocenters. The molecule has 0 aliphatic heterocycles. The Morgan fingerprint density at radius 3 is 2.71 bits per heavy atom. The SMILES string of the molecule is C=C(C)CN(CC)C(=O)c1cccc(OC)c1. The van der Waals surface area contributed by atoms with Gasteiger partial charge in [0.1, 0.15) is 5.75 Å². The molecule has 3 nitrogen and oxygen atoms in total. The minimum Gasteiger partial charge on any atom is -0.497 e. The maximum Gasteiger partial charge on any atom is 0.254 e. The van der Waals surface area contributed by atoms with Crippen molar-refractivity contribution in [1.29, 1.82) is 0 Å². The minimum absolute atomic E-state index is 0.00870. The molecule has 0 saturated carbocycles. The third-order valence-corrected chi connectivity index (χ3v) is 2.45. The van der Waals surface area contributed by atoms with Gasteiger partial charge < -0.3 is 9.64 Å². The van der Waals surface area contributed by atoms with Crippen molar-refractivity contribution in [3.8, 4) is 5.75 Å². The summed E-state index contributed by atoms with van der Waals surface area (Å²) < 4.78 is 5.11. The first-order chi connectivity index (χ1) is 8.08. The molecule has 3 heteroatoms. The van der Waals surface area contributed by atoms with E-state index in [-0.39, 0.29) is 5.91 Å². The Morgan fingerprint density at radius 1 is 1.47 bits per heavy atom. The van der Waals surface area contributed by atoms with Crippen LogP contribution in [0.15, 0.2) is 36.4 Å². The van der Waals surface area contributed by atoms with Crippen LogP contribution in [0.1, 0.15) is 24.2 Å². The van der Waals surface area contributed by atoms with Crippen LogP contribution in [0.25, 0.3) is 0 Å². The monoisotopic (exact) mass is 233 g/mol. The highest BCUT2D eigenvalue weighted by Gasteiger charge is 2.14. The lowest BCUT2D eigenvalue weighted by Gasteiger charge is -2.21. The number of hydrogen-bond donors (Lipinski definition) is 0. The third kappa shape index (κ3) is 3.63. The van der Waals surface area contributed by atoms with Crippen LogP contribution in [-0.4, -0.2) is 31.0 Å². The van der Waals surface area contributed by atoms with E-state index in [0.29, 0.717) is 24.4 Å². The van der Waals surface area contributed by atoms with Gasteiger partial charge in [-0.1, -0.05) is 18.2 Å². The lowest BCUT2D eigenvalue weighted by atomic mass is 10.1. The van der Waals surface area contributed by atoms with Gasteiger partial charge in [-0.2, -0.15) is 0 Å². The quantitative estimate of drug-likeness (QED) is 0.732. The molecule has 1 amide bonds. The van der Waals surface area contributed by atoms with Crippen LogP contribution < -0.4 is 4.74 Å². The summed E-state index contributed by atoms with van der Waals surface area (Å²) in [6.45, 7) is 8.97. The van der Waals surface area contributed by atoms with Crippen molar-refractivity contribution < 1.29 is 9.53 Å². The topological polar surface area (TPSA) is 29.5 Å². The molecule has 1 rings (SSSR count). The lowest BCUT2D eigenvalue weighted by molar-refractivity contribution is 0.0778. The highest BCUT2D eigenvalue weighted by Crippen LogP contribution is 2.14. The number of likely N-dealkylation sites (N-methyl/N-ethyl adjacent to an activating group) is 1. The molecule has 0 bridgehead atoms. The van der Waals surface area contributed by atoms with Crippen LogP contribution in [0, 0.1) is 0 Å². The standard InChI is InChI=1S/C14H19NO2/c1-5-15(10-11(2)3)14(16)12-7-6-8-13(9-12)17-4/h6-9H,2,5,10H2,1,3-4H3. The first kappa shape index (κ1) is 13.3. The van der Waals surface area contributed by atoms with Crippen molar-refractivity contribution in [1.82, 2.24) is 4.90 Å². The number of benzene rings is 1. The smallest absolute Gasteiger partial charge is 0.254 e. The molecule has 1 aromatic carbocycles. The van der Waals surface area contributed by atoms with Gasteiger partial charge in [0.05, 0.1) is 7.11 Å². The van der Waals surface area contributed by atoms with Gasteiger partial charge in [-0.15, -0.1) is 0 Å². The molecular weight excluding hydrogens is 214 g/mol. The predicted molar refractivity (Wildman–Crippen MR) is 69.4 cm³/mol. The van der Waals surface area contributed by atoms with Gasteiger partial charge >= 0.3 is 0 Å². The van der Waals surface area contributed by atoms with E-state index in [2.05, 4.69) is 6.58 Å². The average Bonchev–Trinajstić information content (AvgIpc) is 2.35. The summed E-state index contributed by atoms with van der Waals surface area (Å²) in [7, 11) is 1.59. The summed E-state index contributed by atoms with van der Waals surface area (Å²) in [5.41, 5.74) is 1.62. The molecule has 0 saturated heterocycles. The Morgan fingerprint density at radius 2 is 2.18 bits per heavy atom. The van der Waals surface area contributed by atoms with Gasteiger partial charge in [0.15, 0.2) is 0 Å². The summed E-state index contributed by atoms with van der Waals surface area (Å²) >= 11 is 0. The summed E-state index contributed by atoms with van der Waals surface area (Å²) in [6.07, 6.45) is 0. The van der Waals surface area contributed by atoms with Crippen LogP contribution in [-0.2, 0) is 0 Å². The van der Waals surface area contributed by atoms with Crippen LogP contribution in [0.3, 0.4) is 0 Å². The van der Waals surface area contributed by atoms with E-state index in [0.717, 1.165) is 5.57 Å². The van der Waals surface area contributed by atoms with Gasteiger partial charge in [0.2, 0.25) is 0 Å². The Hall–Kier alpha value is -1.77. The number of hydrogen-bond acceptors (Lipinski definition) is 2. The highest BCUT2D eigenvalue weighted by molar-refractivity contribution is 5.94. The number of ether oxygens (including phenoxy) is 1. The van der Waals surface area contributed by atoms with Gasteiger partial charge in [0, 0.05) is 18.7 Å². The Balaban J connectivity index is 2.89. The number of methoxy groups -OCH3 is 1. The fraction of sp³-hybridized carbons (Fsp3) is 0.357. The second kappa shape index (κ2) is 6.09. The molecule has 92 valence electrons. The van der Waals surface area contributed by atoms with Crippen LogP contribution in [0.5, 0.6) is 5.75 Å². The number of carbonyl (C=O) groups is 1. The van der Waals surface area contributed by atoms with E-state index in [1.54, 1.807) is 24.1 Å². The second-order valence-corrected chi connectivity index (χ2v) is 4.01. The minimum atomic E-state index is 0.00870. The van der Waals surface area contributed by atoms with Crippen molar-refractivity contribution in [3.63, 3.8) is 0 Å². The van der Waals surface area contributed by atoms with E-state index in [4.69, 9.17) is 4.74 Å². The van der Waals surface area contributed by atoms with E-state index in [1.807, 2.05) is 26.0 Å². The highest BCUT2D eigenvalue weighted by atomic mass is 16.5. The Kier molecular flexibility index (Phi) is 4.76. The van der Waals surface area contributed by atoms with E-state index in [9.17, 15) is 4.79 Å². The average molecular weight is 233 g/mol. The van der Waals surface area contributed by atoms with Crippen molar-refractivity contribution in [2.45, 2.75) is 13.8 Å². The zero-order valence-corrected chi connectivity index (χ0v) is 10.7. The lowest BCUT2D eigenvalue weighted by Crippen LogP contribution is -2.32. The van der Waals surface area contributed by atoms with Crippen LogP contribution in [0.4, 0.5) is 0 Å². The molecule has 0 atom stereocenters. The number of rotatable bonds is 5. The first-order valence-electron chi connectivity index (χ1n) is 5.66. The third-order valence-electron chi connectivity index (χ3n) is 2.45. The van der Waals surface area contributed by atoms with E-state index in [1.165, 1.54) is 0 Å². The number of amides is 1. The van der Waals surface area contributed by atoms with Crippen LogP contribution >= 0.6 is 0 Å². The summed E-state index contributed by atoms with van der Waals surface area (Å²) in [4.78, 5) is 14.0. The Bertz CT molecular complexity index is 412. The molecule has 1 aromatic rings. The molecular formula is C14H19NO2. The maximum absolute atomic E-state index is 12.2. The fourth-order valence-corrected chi connectivity index (χ4v) is 1.59. The van der Waals surface area contributed by atoms with Crippen molar-refractivity contribution in [3.05, 3.63) is 42.0 Å². The van der Waals surface area contributed by atoms with Gasteiger partial charge in [0.25, 0.3) is 5.91 Å². The van der Waals surface area contributed by atoms with Crippen LogP contribution in [0.2, 0.25) is 0 Å². The van der Waals surface area contributed by atoms with Crippen molar-refractivity contribution in [2.75, 3.05) is 20.2 Å². The molecule has 0 aromatic heterocycles. The maximum atomic E-state index is 12.2. The van der Waals surface area contributed by atoms with E-state index >= 15 is 0 Å². The van der Waals surface area contributed by atoms with Crippen molar-refractivity contribution >= 4 is 5.91 Å². The molecule has 0 aliphatic rings. The number of nitrogens with zero attached hydrogens (tertiary/aromatic N) is 1. The number of carbonyl (C=O) groups excluding carboxylic acids is 1. The van der Waals surface area contributed by atoms with E-state index < -0.39 is 0 Å². The molecule has 0 fully saturated rings. The van der Waals surface area contributed by atoms with Gasteiger partial charge in [-0.3, -0.25) is 4.79 Å². The predicted octanol–water partition coefficient (Wildman–Crippen LogP) is 2.73. The Labute approximate surface area is 103 Å². The summed E-state index contributed by atoms with van der Waals surface area (Å²) in [6, 6.07) is 7.20. The second-order valence-electron chi connectivity index (χ2n) is 4.01. The summed E-state index contributed by atoms with van der Waals surface area (Å²) in [5, 5.41) is 0.